The van der Waals surface area contributed by atoms with Crippen LogP contribution in [0, 0.1) is 12.8 Å². The van der Waals surface area contributed by atoms with Gasteiger partial charge in [0.2, 0.25) is 5.91 Å². The van der Waals surface area contributed by atoms with Gasteiger partial charge < -0.3 is 11.1 Å². The molecule has 19 heavy (non-hydrogen) atoms. The molecule has 0 aliphatic rings. The van der Waals surface area contributed by atoms with E-state index in [1.54, 1.807) is 4.68 Å². The molecule has 1 unspecified atom stereocenters. The van der Waals surface area contributed by atoms with Crippen LogP contribution < -0.4 is 11.1 Å². The standard InChI is InChI=1S/C13H24N4O.ClH/c1-8(2)6-12(14)13(18)15-9(3)11-7-17(5)16-10(11)4;/h7-9,12H,6,14H2,1-5H3,(H,15,18);1H/t9?,12-;/m0./s1. The average Bonchev–Trinajstić information content (AvgIpc) is 2.56. The van der Waals surface area contributed by atoms with Crippen LogP contribution in [-0.4, -0.2) is 21.7 Å². The van der Waals surface area contributed by atoms with E-state index >= 15 is 0 Å². The molecule has 0 fully saturated rings. The SMILES string of the molecule is Cc1nn(C)cc1C(C)NC(=O)[C@@H](N)CC(C)C.Cl. The van der Waals surface area contributed by atoms with Crippen molar-refractivity contribution in [2.75, 3.05) is 0 Å². The third-order valence-corrected chi connectivity index (χ3v) is 2.94. The summed E-state index contributed by atoms with van der Waals surface area (Å²) in [7, 11) is 1.87. The minimum atomic E-state index is -0.440. The first kappa shape index (κ1) is 17.9. The summed E-state index contributed by atoms with van der Waals surface area (Å²) in [5.74, 6) is 0.320. The number of nitrogens with zero attached hydrogens (tertiary/aromatic N) is 2. The van der Waals surface area contributed by atoms with Crippen molar-refractivity contribution in [2.45, 2.75) is 46.2 Å². The maximum atomic E-state index is 11.9. The highest BCUT2D eigenvalue weighted by Gasteiger charge is 2.19. The molecule has 5 nitrogen and oxygen atoms in total. The molecule has 1 heterocycles. The average molecular weight is 289 g/mol. The van der Waals surface area contributed by atoms with Crippen LogP contribution >= 0.6 is 12.4 Å². The van der Waals surface area contributed by atoms with Gasteiger partial charge in [0, 0.05) is 18.8 Å². The Morgan fingerprint density at radius 1 is 1.47 bits per heavy atom. The van der Waals surface area contributed by atoms with Crippen LogP contribution in [0.2, 0.25) is 0 Å². The number of hydrogen-bond acceptors (Lipinski definition) is 3. The predicted octanol–water partition coefficient (Wildman–Crippen LogP) is 1.70. The zero-order valence-electron chi connectivity index (χ0n) is 12.3. The number of carbonyl (C=O) groups excluding carboxylic acids is 1. The fourth-order valence-corrected chi connectivity index (χ4v) is 2.06. The third-order valence-electron chi connectivity index (χ3n) is 2.94. The number of aromatic nitrogens is 2. The molecule has 0 radical (unpaired) electrons. The summed E-state index contributed by atoms with van der Waals surface area (Å²) in [6.07, 6.45) is 2.62. The van der Waals surface area contributed by atoms with Gasteiger partial charge in [-0.25, -0.2) is 0 Å². The van der Waals surface area contributed by atoms with Crippen molar-refractivity contribution in [1.29, 1.82) is 0 Å². The van der Waals surface area contributed by atoms with Crippen LogP contribution in [0.5, 0.6) is 0 Å². The number of hydrogen-bond donors (Lipinski definition) is 2. The Kier molecular flexibility index (Phi) is 7.08. The summed E-state index contributed by atoms with van der Waals surface area (Å²) >= 11 is 0. The van der Waals surface area contributed by atoms with Crippen LogP contribution in [0.4, 0.5) is 0 Å². The monoisotopic (exact) mass is 288 g/mol. The summed E-state index contributed by atoms with van der Waals surface area (Å²) in [6.45, 7) is 8.00. The molecule has 0 bridgehead atoms. The minimum Gasteiger partial charge on any atom is -0.348 e. The van der Waals surface area contributed by atoms with Crippen LogP contribution in [-0.2, 0) is 11.8 Å². The number of rotatable bonds is 5. The number of amides is 1. The molecule has 2 atom stereocenters. The van der Waals surface area contributed by atoms with E-state index in [-0.39, 0.29) is 24.4 Å². The largest absolute Gasteiger partial charge is 0.348 e. The lowest BCUT2D eigenvalue weighted by Gasteiger charge is -2.18. The summed E-state index contributed by atoms with van der Waals surface area (Å²) in [5, 5.41) is 7.20. The Hall–Kier alpha value is -1.07. The number of nitrogens with two attached hydrogens (primary N) is 1. The molecule has 0 aromatic carbocycles. The van der Waals surface area contributed by atoms with Gasteiger partial charge in [-0.1, -0.05) is 13.8 Å². The van der Waals surface area contributed by atoms with Crippen molar-refractivity contribution in [3.63, 3.8) is 0 Å². The van der Waals surface area contributed by atoms with Crippen LogP contribution in [0.15, 0.2) is 6.20 Å². The van der Waals surface area contributed by atoms with E-state index in [0.717, 1.165) is 11.3 Å². The molecule has 0 aliphatic carbocycles. The van der Waals surface area contributed by atoms with Crippen LogP contribution in [0.3, 0.4) is 0 Å². The molecule has 1 amide bonds. The smallest absolute Gasteiger partial charge is 0.237 e. The second kappa shape index (κ2) is 7.50. The molecule has 1 rings (SSSR count). The van der Waals surface area contributed by atoms with E-state index in [0.29, 0.717) is 12.3 Å². The molecule has 110 valence electrons. The molecule has 6 heteroatoms. The Labute approximate surface area is 121 Å². The number of aryl methyl sites for hydroxylation is 2. The predicted molar refractivity (Wildman–Crippen MR) is 79.2 cm³/mol. The van der Waals surface area contributed by atoms with Gasteiger partial charge in [-0.15, -0.1) is 12.4 Å². The van der Waals surface area contributed by atoms with Gasteiger partial charge in [-0.3, -0.25) is 9.48 Å². The molecule has 0 saturated heterocycles. The molecule has 0 spiro atoms. The van der Waals surface area contributed by atoms with E-state index in [2.05, 4.69) is 24.3 Å². The van der Waals surface area contributed by atoms with Gasteiger partial charge >= 0.3 is 0 Å². The molecule has 0 saturated carbocycles. The highest BCUT2D eigenvalue weighted by Crippen LogP contribution is 2.15. The van der Waals surface area contributed by atoms with E-state index < -0.39 is 6.04 Å². The zero-order valence-corrected chi connectivity index (χ0v) is 13.1. The second-order valence-corrected chi connectivity index (χ2v) is 5.31. The van der Waals surface area contributed by atoms with Crippen molar-refractivity contribution in [2.24, 2.45) is 18.7 Å². The van der Waals surface area contributed by atoms with Crippen molar-refractivity contribution < 1.29 is 4.79 Å². The maximum absolute atomic E-state index is 11.9. The fraction of sp³-hybridized carbons (Fsp3) is 0.692. The quantitative estimate of drug-likeness (QED) is 0.866. The number of halogens is 1. The highest BCUT2D eigenvalue weighted by atomic mass is 35.5. The lowest BCUT2D eigenvalue weighted by Crippen LogP contribution is -2.42. The molecular weight excluding hydrogens is 264 g/mol. The second-order valence-electron chi connectivity index (χ2n) is 5.31. The Morgan fingerprint density at radius 2 is 2.05 bits per heavy atom. The Morgan fingerprint density at radius 3 is 2.47 bits per heavy atom. The third kappa shape index (κ3) is 5.20. The van der Waals surface area contributed by atoms with Crippen molar-refractivity contribution in [1.82, 2.24) is 15.1 Å². The first-order valence-corrected chi connectivity index (χ1v) is 6.37. The maximum Gasteiger partial charge on any atom is 0.237 e. The number of carbonyl (C=O) groups is 1. The van der Waals surface area contributed by atoms with E-state index in [9.17, 15) is 4.79 Å². The van der Waals surface area contributed by atoms with Gasteiger partial charge in [0.25, 0.3) is 0 Å². The normalized spacial score (nSPS) is 13.8. The molecule has 1 aromatic rings. The lowest BCUT2D eigenvalue weighted by molar-refractivity contribution is -0.123. The van der Waals surface area contributed by atoms with E-state index in [1.165, 1.54) is 0 Å². The fourth-order valence-electron chi connectivity index (χ4n) is 2.06. The van der Waals surface area contributed by atoms with Crippen molar-refractivity contribution >= 4 is 18.3 Å². The summed E-state index contributed by atoms with van der Waals surface area (Å²) in [5.41, 5.74) is 7.82. The first-order chi connectivity index (χ1) is 8.31. The topological polar surface area (TPSA) is 72.9 Å². The van der Waals surface area contributed by atoms with Gasteiger partial charge in [0.1, 0.15) is 0 Å². The summed E-state index contributed by atoms with van der Waals surface area (Å²) in [4.78, 5) is 11.9. The van der Waals surface area contributed by atoms with Gasteiger partial charge in [0.15, 0.2) is 0 Å². The van der Waals surface area contributed by atoms with E-state index in [1.807, 2.05) is 27.1 Å². The Bertz CT molecular complexity index is 417. The number of nitrogens with one attached hydrogen (secondary N) is 1. The molecule has 0 aliphatic heterocycles. The van der Waals surface area contributed by atoms with Gasteiger partial charge in [-0.05, 0) is 26.2 Å². The Balaban J connectivity index is 0.00000324. The highest BCUT2D eigenvalue weighted by molar-refractivity contribution is 5.85. The molecular formula is C13H25ClN4O. The molecule has 3 N–H and O–H groups in total. The zero-order chi connectivity index (χ0) is 13.9. The van der Waals surface area contributed by atoms with Crippen molar-refractivity contribution in [3.8, 4) is 0 Å². The van der Waals surface area contributed by atoms with Crippen LogP contribution in [0.25, 0.3) is 0 Å². The summed E-state index contributed by atoms with van der Waals surface area (Å²) < 4.78 is 1.75. The van der Waals surface area contributed by atoms with E-state index in [4.69, 9.17) is 5.73 Å². The minimum absolute atomic E-state index is 0. The van der Waals surface area contributed by atoms with Crippen LogP contribution in [0.1, 0.15) is 44.5 Å². The summed E-state index contributed by atoms with van der Waals surface area (Å²) in [6, 6.07) is -0.506. The van der Waals surface area contributed by atoms with Gasteiger partial charge in [-0.2, -0.15) is 5.10 Å². The first-order valence-electron chi connectivity index (χ1n) is 6.37. The lowest BCUT2D eigenvalue weighted by atomic mass is 10.0. The molecule has 1 aromatic heterocycles. The van der Waals surface area contributed by atoms with Crippen molar-refractivity contribution in [3.05, 3.63) is 17.5 Å². The van der Waals surface area contributed by atoms with Gasteiger partial charge in [0.05, 0.1) is 17.8 Å².